The fourth-order valence-corrected chi connectivity index (χ4v) is 11.9. The minimum absolute atomic E-state index is 0.353. The lowest BCUT2D eigenvalue weighted by atomic mass is 10.1. The number of rotatable bonds is 66. The van der Waals surface area contributed by atoms with Gasteiger partial charge in [-0.1, -0.05) is 311 Å². The van der Waals surface area contributed by atoms with Crippen LogP contribution in [0.15, 0.2) is 54.6 Å². The predicted molar refractivity (Wildman–Crippen MR) is 398 cm³/mol. The quantitative estimate of drug-likeness (QED) is 0.0364. The van der Waals surface area contributed by atoms with Crippen LogP contribution >= 0.6 is 0 Å². The van der Waals surface area contributed by atoms with Crippen LogP contribution in [0.1, 0.15) is 350 Å². The molecule has 0 atom stereocenters. The summed E-state index contributed by atoms with van der Waals surface area (Å²) in [6, 6.07) is 18.3. The van der Waals surface area contributed by atoms with Crippen LogP contribution in [0.3, 0.4) is 0 Å². The molecule has 0 aliphatic rings. The van der Waals surface area contributed by atoms with E-state index in [0.717, 1.165) is 129 Å². The summed E-state index contributed by atoms with van der Waals surface area (Å²) in [5.41, 5.74) is 2.29. The molecule has 0 aliphatic heterocycles. The Labute approximate surface area is 569 Å². The van der Waals surface area contributed by atoms with Crippen molar-refractivity contribution in [2.75, 3.05) is 55.6 Å². The second kappa shape index (κ2) is 57.1. The molecule has 0 saturated heterocycles. The molecule has 0 spiro atoms. The van der Waals surface area contributed by atoms with Gasteiger partial charge in [-0.2, -0.15) is 15.0 Å². The van der Waals surface area contributed by atoms with Gasteiger partial charge in [-0.3, -0.25) is 0 Å². The summed E-state index contributed by atoms with van der Waals surface area (Å²) in [6.45, 7) is 17.5. The third-order valence-corrected chi connectivity index (χ3v) is 17.6. The lowest BCUT2D eigenvalue weighted by molar-refractivity contribution is 0.289. The Kier molecular flexibility index (Phi) is 49.3. The van der Waals surface area contributed by atoms with Crippen molar-refractivity contribution < 1.29 is 28.4 Å². The molecular formula is C81H138N6O6. The highest BCUT2D eigenvalue weighted by Gasteiger charge is 2.15. The van der Waals surface area contributed by atoms with E-state index in [4.69, 9.17) is 43.4 Å². The Morgan fingerprint density at radius 3 is 0.484 bits per heavy atom. The molecule has 4 rings (SSSR count). The van der Waals surface area contributed by atoms with E-state index in [1.807, 2.05) is 54.6 Å². The lowest BCUT2D eigenvalue weighted by Crippen LogP contribution is -2.08. The number of hydrogen-bond donors (Lipinski definition) is 3. The van der Waals surface area contributed by atoms with Gasteiger partial charge in [0.15, 0.2) is 0 Å². The molecule has 0 aliphatic carbocycles. The Morgan fingerprint density at radius 1 is 0.194 bits per heavy atom. The number of benzene rings is 3. The minimum atomic E-state index is 0.353. The molecule has 0 fully saturated rings. The van der Waals surface area contributed by atoms with Crippen LogP contribution < -0.4 is 44.4 Å². The highest BCUT2D eigenvalue weighted by atomic mass is 16.5. The van der Waals surface area contributed by atoms with E-state index < -0.39 is 0 Å². The predicted octanol–water partition coefficient (Wildman–Crippen LogP) is 26.2. The lowest BCUT2D eigenvalue weighted by Gasteiger charge is -2.16. The van der Waals surface area contributed by atoms with Crippen molar-refractivity contribution >= 4 is 34.9 Å². The van der Waals surface area contributed by atoms with Crippen molar-refractivity contribution in [2.24, 2.45) is 0 Å². The van der Waals surface area contributed by atoms with Crippen LogP contribution in [-0.2, 0) is 0 Å². The van der Waals surface area contributed by atoms with E-state index >= 15 is 0 Å². The molecule has 4 aromatic rings. The molecule has 1 aromatic heterocycles. The fourth-order valence-electron chi connectivity index (χ4n) is 11.9. The second-order valence-electron chi connectivity index (χ2n) is 26.7. The monoisotopic (exact) mass is 1290 g/mol. The van der Waals surface area contributed by atoms with E-state index in [-0.39, 0.29) is 0 Å². The molecule has 3 N–H and O–H groups in total. The Balaban J connectivity index is 1.68. The first-order chi connectivity index (χ1) is 45.9. The Morgan fingerprint density at radius 2 is 0.333 bits per heavy atom. The molecule has 12 heteroatoms. The van der Waals surface area contributed by atoms with Crippen LogP contribution in [0.25, 0.3) is 0 Å². The van der Waals surface area contributed by atoms with Crippen molar-refractivity contribution in [1.82, 2.24) is 15.0 Å². The highest BCUT2D eigenvalue weighted by molar-refractivity contribution is 5.66. The van der Waals surface area contributed by atoms with E-state index in [1.54, 1.807) is 0 Å². The summed E-state index contributed by atoms with van der Waals surface area (Å²) in [6.07, 6.45) is 59.6. The first kappa shape index (κ1) is 80.3. The van der Waals surface area contributed by atoms with Gasteiger partial charge in [0.1, 0.15) is 34.5 Å². The molecule has 0 radical (unpaired) electrons. The van der Waals surface area contributed by atoms with Gasteiger partial charge >= 0.3 is 0 Å². The summed E-state index contributed by atoms with van der Waals surface area (Å²) in [7, 11) is 0. The molecule has 12 nitrogen and oxygen atoms in total. The van der Waals surface area contributed by atoms with E-state index in [0.29, 0.717) is 57.5 Å². The zero-order valence-corrected chi connectivity index (χ0v) is 60.7. The van der Waals surface area contributed by atoms with Crippen LogP contribution in [0, 0.1) is 0 Å². The molecule has 0 unspecified atom stereocenters. The summed E-state index contributed by atoms with van der Waals surface area (Å²) in [5, 5.41) is 10.8. The van der Waals surface area contributed by atoms with E-state index in [9.17, 15) is 0 Å². The molecule has 0 saturated carbocycles. The summed E-state index contributed by atoms with van der Waals surface area (Å²) in [4.78, 5) is 15.3. The largest absolute Gasteiger partial charge is 0.493 e. The fraction of sp³-hybridized carbons (Fsp3) is 0.741. The zero-order valence-electron chi connectivity index (χ0n) is 60.7. The van der Waals surface area contributed by atoms with Crippen molar-refractivity contribution in [3.05, 3.63) is 54.6 Å². The average Bonchev–Trinajstić information content (AvgIpc) is 0.961. The second-order valence-corrected chi connectivity index (χ2v) is 26.7. The highest BCUT2D eigenvalue weighted by Crippen LogP contribution is 2.34. The van der Waals surface area contributed by atoms with Crippen LogP contribution in [0.5, 0.6) is 34.5 Å². The number of anilines is 6. The molecule has 0 bridgehead atoms. The maximum atomic E-state index is 6.53. The van der Waals surface area contributed by atoms with Gasteiger partial charge in [0, 0.05) is 71.7 Å². The number of aromatic nitrogens is 3. The van der Waals surface area contributed by atoms with E-state index in [2.05, 4.69) is 57.5 Å². The van der Waals surface area contributed by atoms with Gasteiger partial charge in [-0.05, 0) is 38.5 Å². The molecule has 93 heavy (non-hydrogen) atoms. The van der Waals surface area contributed by atoms with Crippen molar-refractivity contribution in [3.63, 3.8) is 0 Å². The first-order valence-corrected chi connectivity index (χ1v) is 39.2. The van der Waals surface area contributed by atoms with Crippen LogP contribution in [0.4, 0.5) is 34.9 Å². The zero-order chi connectivity index (χ0) is 66.0. The summed E-state index contributed by atoms with van der Waals surface area (Å²) >= 11 is 0. The van der Waals surface area contributed by atoms with Crippen molar-refractivity contribution in [1.29, 1.82) is 0 Å². The number of hydrogen-bond acceptors (Lipinski definition) is 12. The Bertz CT molecular complexity index is 1980. The standard InChI is InChI=1S/C81H138N6O6/c1-7-13-19-25-31-37-43-49-55-88-73-61-70(62-74(67-73)89-56-50-44-38-32-26-20-14-8-2)82-79-85-80(83-71-63-75(90-57-51-45-39-33-27-21-15-9-3)68-76(64-71)91-58-52-46-40-34-28-22-16-10-4)87-81(86-79)84-72-65-77(92-59-53-47-41-35-29-23-17-11-5)69-78(66-72)93-60-54-48-42-36-30-24-18-12-6/h61-69H,7-60H2,1-6H3,(H3,82,83,84,85,86,87). The molecule has 1 heterocycles. The van der Waals surface area contributed by atoms with Gasteiger partial charge in [0.2, 0.25) is 17.8 Å². The molecule has 3 aromatic carbocycles. The minimum Gasteiger partial charge on any atom is -0.493 e. The normalized spacial score (nSPS) is 11.3. The third kappa shape index (κ3) is 42.8. The van der Waals surface area contributed by atoms with Gasteiger partial charge in [0.25, 0.3) is 0 Å². The maximum absolute atomic E-state index is 6.53. The summed E-state index contributed by atoms with van der Waals surface area (Å²) in [5.74, 6) is 5.59. The smallest absolute Gasteiger partial charge is 0.233 e. The Hall–Kier alpha value is -5.13. The van der Waals surface area contributed by atoms with Gasteiger partial charge < -0.3 is 44.4 Å². The van der Waals surface area contributed by atoms with E-state index in [1.165, 1.54) is 231 Å². The number of ether oxygens (including phenoxy) is 6. The van der Waals surface area contributed by atoms with Gasteiger partial charge in [0.05, 0.1) is 39.6 Å². The molecular weight excluding hydrogens is 1150 g/mol. The molecule has 0 amide bonds. The first-order valence-electron chi connectivity index (χ1n) is 39.2. The van der Waals surface area contributed by atoms with Crippen LogP contribution in [0.2, 0.25) is 0 Å². The third-order valence-electron chi connectivity index (χ3n) is 17.6. The number of nitrogens with zero attached hydrogens (tertiary/aromatic N) is 3. The van der Waals surface area contributed by atoms with Crippen molar-refractivity contribution in [3.8, 4) is 34.5 Å². The number of unbranched alkanes of at least 4 members (excludes halogenated alkanes) is 42. The average molecular weight is 1290 g/mol. The summed E-state index contributed by atoms with van der Waals surface area (Å²) < 4.78 is 39.2. The SMILES string of the molecule is CCCCCCCCCCOc1cc(Nc2nc(Nc3cc(OCCCCCCCCCC)cc(OCCCCCCCCCC)c3)nc(Nc3cc(OCCCCCCCCCC)cc(OCCCCCCCCCC)c3)n2)cc(OCCCCCCCCCC)c1. The maximum Gasteiger partial charge on any atom is 0.233 e. The molecule has 528 valence electrons. The number of nitrogens with one attached hydrogen (secondary N) is 3. The van der Waals surface area contributed by atoms with Gasteiger partial charge in [-0.15, -0.1) is 0 Å². The topological polar surface area (TPSA) is 130 Å². The van der Waals surface area contributed by atoms with Gasteiger partial charge in [-0.25, -0.2) is 0 Å². The van der Waals surface area contributed by atoms with Crippen molar-refractivity contribution in [2.45, 2.75) is 350 Å². The van der Waals surface area contributed by atoms with Crippen LogP contribution in [-0.4, -0.2) is 54.6 Å².